The number of nitriles is 1. The van der Waals surface area contributed by atoms with E-state index in [1.165, 1.54) is 0 Å². The first-order valence-corrected chi connectivity index (χ1v) is 5.96. The minimum atomic E-state index is -0.233. The van der Waals surface area contributed by atoms with Crippen LogP contribution < -0.4 is 5.32 Å². The van der Waals surface area contributed by atoms with Crippen LogP contribution in [0, 0.1) is 16.7 Å². The summed E-state index contributed by atoms with van der Waals surface area (Å²) in [4.78, 5) is 12.1. The summed E-state index contributed by atoms with van der Waals surface area (Å²) in [7, 11) is 0. The minimum absolute atomic E-state index is 0.0742. The Morgan fingerprint density at radius 3 is 2.76 bits per heavy atom. The van der Waals surface area contributed by atoms with Gasteiger partial charge in [0.2, 0.25) is 5.91 Å². The average molecular weight is 228 g/mol. The normalized spacial score (nSPS) is 17.4. The quantitative estimate of drug-likeness (QED) is 0.845. The molecule has 0 unspecified atom stereocenters. The minimum Gasteiger partial charge on any atom is -0.326 e. The van der Waals surface area contributed by atoms with Gasteiger partial charge in [0.15, 0.2) is 0 Å². The summed E-state index contributed by atoms with van der Waals surface area (Å²) < 4.78 is 0. The zero-order chi connectivity index (χ0) is 12.3. The first kappa shape index (κ1) is 11.7. The van der Waals surface area contributed by atoms with Crippen LogP contribution in [0.25, 0.3) is 0 Å². The van der Waals surface area contributed by atoms with Crippen LogP contribution in [0.2, 0.25) is 0 Å². The van der Waals surface area contributed by atoms with E-state index in [9.17, 15) is 4.79 Å². The Hall–Kier alpha value is -1.82. The zero-order valence-corrected chi connectivity index (χ0v) is 9.99. The van der Waals surface area contributed by atoms with Crippen molar-refractivity contribution in [3.05, 3.63) is 29.8 Å². The van der Waals surface area contributed by atoms with Gasteiger partial charge in [-0.05, 0) is 31.0 Å². The maximum absolute atomic E-state index is 12.1. The highest BCUT2D eigenvalue weighted by Gasteiger charge is 2.36. The van der Waals surface area contributed by atoms with E-state index in [4.69, 9.17) is 5.26 Å². The molecule has 2 rings (SSSR count). The van der Waals surface area contributed by atoms with Crippen LogP contribution in [-0.2, 0) is 4.79 Å². The monoisotopic (exact) mass is 228 g/mol. The summed E-state index contributed by atoms with van der Waals surface area (Å²) >= 11 is 0. The van der Waals surface area contributed by atoms with Crippen molar-refractivity contribution >= 4 is 11.6 Å². The van der Waals surface area contributed by atoms with Crippen LogP contribution in [0.1, 0.15) is 38.2 Å². The van der Waals surface area contributed by atoms with E-state index in [2.05, 4.69) is 11.4 Å². The third-order valence-electron chi connectivity index (χ3n) is 3.50. The van der Waals surface area contributed by atoms with E-state index in [-0.39, 0.29) is 11.3 Å². The predicted octanol–water partition coefficient (Wildman–Crippen LogP) is 3.08. The Bertz CT molecular complexity index is 467. The molecule has 3 heteroatoms. The molecule has 3 nitrogen and oxygen atoms in total. The molecule has 0 saturated heterocycles. The van der Waals surface area contributed by atoms with Crippen molar-refractivity contribution in [2.45, 2.75) is 32.6 Å². The molecule has 0 aliphatic heterocycles. The molecule has 0 bridgehead atoms. The van der Waals surface area contributed by atoms with Crippen LogP contribution in [0.4, 0.5) is 5.69 Å². The van der Waals surface area contributed by atoms with Crippen molar-refractivity contribution in [1.29, 1.82) is 5.26 Å². The molecule has 1 N–H and O–H groups in total. The molecule has 17 heavy (non-hydrogen) atoms. The van der Waals surface area contributed by atoms with Gasteiger partial charge < -0.3 is 5.32 Å². The lowest BCUT2D eigenvalue weighted by Crippen LogP contribution is -2.30. The van der Waals surface area contributed by atoms with Gasteiger partial charge in [0.1, 0.15) is 0 Å². The van der Waals surface area contributed by atoms with Crippen molar-refractivity contribution in [3.63, 3.8) is 0 Å². The molecule has 0 heterocycles. The Morgan fingerprint density at radius 1 is 1.41 bits per heavy atom. The predicted molar refractivity (Wildman–Crippen MR) is 66.4 cm³/mol. The molecule has 1 fully saturated rings. The number of amides is 1. The number of nitrogens with zero attached hydrogens (tertiary/aromatic N) is 1. The van der Waals surface area contributed by atoms with Gasteiger partial charge in [-0.3, -0.25) is 4.79 Å². The number of carbonyl (C=O) groups is 1. The van der Waals surface area contributed by atoms with Gasteiger partial charge >= 0.3 is 0 Å². The fourth-order valence-electron chi connectivity index (χ4n) is 2.33. The molecule has 1 aliphatic rings. The van der Waals surface area contributed by atoms with Gasteiger partial charge in [0.25, 0.3) is 0 Å². The summed E-state index contributed by atoms with van der Waals surface area (Å²) in [6, 6.07) is 9.10. The molecular weight excluding hydrogens is 212 g/mol. The van der Waals surface area contributed by atoms with Gasteiger partial charge in [-0.2, -0.15) is 5.26 Å². The number of nitrogens with one attached hydrogen (secondary N) is 1. The summed E-state index contributed by atoms with van der Waals surface area (Å²) in [5.74, 6) is 0.0742. The highest BCUT2D eigenvalue weighted by atomic mass is 16.2. The molecule has 0 aromatic heterocycles. The zero-order valence-electron chi connectivity index (χ0n) is 9.99. The second kappa shape index (κ2) is 4.58. The third-order valence-corrected chi connectivity index (χ3v) is 3.50. The Kier molecular flexibility index (Phi) is 3.14. The fraction of sp³-hybridized carbons (Fsp3) is 0.429. The van der Waals surface area contributed by atoms with Crippen LogP contribution in [0.15, 0.2) is 24.3 Å². The highest BCUT2D eigenvalue weighted by molar-refractivity contribution is 5.95. The maximum Gasteiger partial charge on any atom is 0.230 e. The lowest BCUT2D eigenvalue weighted by atomic mass is 9.88. The number of hydrogen-bond acceptors (Lipinski definition) is 2. The van der Waals surface area contributed by atoms with E-state index < -0.39 is 0 Å². The summed E-state index contributed by atoms with van der Waals surface area (Å²) in [6.45, 7) is 2.02. The second-order valence-corrected chi connectivity index (χ2v) is 4.91. The fourth-order valence-corrected chi connectivity index (χ4v) is 2.33. The molecular formula is C14H16N2O. The average Bonchev–Trinajstić information content (AvgIpc) is 2.78. The molecule has 1 amide bonds. The third kappa shape index (κ3) is 2.47. The topological polar surface area (TPSA) is 52.9 Å². The standard InChI is InChI=1S/C14H16N2O/c1-14(7-2-3-8-14)13(17)16-12-6-4-5-11(9-12)10-15/h4-6,9H,2-3,7-8H2,1H3,(H,16,17). The Labute approximate surface area is 101 Å². The van der Waals surface area contributed by atoms with E-state index in [0.29, 0.717) is 11.3 Å². The molecule has 0 spiro atoms. The van der Waals surface area contributed by atoms with Crippen LogP contribution in [-0.4, -0.2) is 5.91 Å². The second-order valence-electron chi connectivity index (χ2n) is 4.91. The molecule has 1 saturated carbocycles. The van der Waals surface area contributed by atoms with Gasteiger partial charge in [-0.25, -0.2) is 0 Å². The van der Waals surface area contributed by atoms with Crippen molar-refractivity contribution < 1.29 is 4.79 Å². The van der Waals surface area contributed by atoms with Crippen LogP contribution in [0.5, 0.6) is 0 Å². The largest absolute Gasteiger partial charge is 0.326 e. The first-order chi connectivity index (χ1) is 8.14. The number of rotatable bonds is 2. The highest BCUT2D eigenvalue weighted by Crippen LogP contribution is 2.38. The van der Waals surface area contributed by atoms with Crippen molar-refractivity contribution in [1.82, 2.24) is 0 Å². The number of carbonyl (C=O) groups excluding carboxylic acids is 1. The van der Waals surface area contributed by atoms with Crippen LogP contribution in [0.3, 0.4) is 0 Å². The lowest BCUT2D eigenvalue weighted by Gasteiger charge is -2.22. The van der Waals surface area contributed by atoms with Gasteiger partial charge in [-0.15, -0.1) is 0 Å². The van der Waals surface area contributed by atoms with E-state index in [1.54, 1.807) is 18.2 Å². The lowest BCUT2D eigenvalue weighted by molar-refractivity contribution is -0.124. The molecule has 0 atom stereocenters. The smallest absolute Gasteiger partial charge is 0.230 e. The van der Waals surface area contributed by atoms with Crippen molar-refractivity contribution in [3.8, 4) is 6.07 Å². The molecule has 1 aliphatic carbocycles. The maximum atomic E-state index is 12.1. The van der Waals surface area contributed by atoms with Crippen molar-refractivity contribution in [2.24, 2.45) is 5.41 Å². The van der Waals surface area contributed by atoms with E-state index >= 15 is 0 Å². The molecule has 88 valence electrons. The van der Waals surface area contributed by atoms with E-state index in [0.717, 1.165) is 25.7 Å². The van der Waals surface area contributed by atoms with E-state index in [1.807, 2.05) is 13.0 Å². The first-order valence-electron chi connectivity index (χ1n) is 5.96. The number of hydrogen-bond donors (Lipinski definition) is 1. The van der Waals surface area contributed by atoms with Crippen molar-refractivity contribution in [2.75, 3.05) is 5.32 Å². The molecule has 0 radical (unpaired) electrons. The number of benzene rings is 1. The van der Waals surface area contributed by atoms with Crippen LogP contribution >= 0.6 is 0 Å². The molecule has 1 aromatic rings. The SMILES string of the molecule is CC1(C(=O)Nc2cccc(C#N)c2)CCCC1. The Morgan fingerprint density at radius 2 is 2.12 bits per heavy atom. The van der Waals surface area contributed by atoms with Gasteiger partial charge in [0, 0.05) is 11.1 Å². The summed E-state index contributed by atoms with van der Waals surface area (Å²) in [5, 5.41) is 11.7. The van der Waals surface area contributed by atoms with Gasteiger partial charge in [0.05, 0.1) is 11.6 Å². The number of anilines is 1. The Balaban J connectivity index is 2.10. The summed E-state index contributed by atoms with van der Waals surface area (Å²) in [5.41, 5.74) is 1.05. The van der Waals surface area contributed by atoms with Gasteiger partial charge in [-0.1, -0.05) is 25.8 Å². The summed E-state index contributed by atoms with van der Waals surface area (Å²) in [6.07, 6.45) is 4.16. The molecule has 1 aromatic carbocycles.